The normalized spacial score (nSPS) is 17.3. The fourth-order valence-electron chi connectivity index (χ4n) is 7.60. The number of rotatable bonds is 9. The second-order valence-corrected chi connectivity index (χ2v) is 16.0. The number of nitrogens with zero attached hydrogens (tertiary/aromatic N) is 7. The number of aromatic nitrogens is 7. The molecule has 12 nitrogen and oxygen atoms in total. The zero-order valence-electron chi connectivity index (χ0n) is 30.5. The van der Waals surface area contributed by atoms with Gasteiger partial charge in [-0.3, -0.25) is 18.9 Å². The molecule has 20 heteroatoms. The average Bonchev–Trinajstić information content (AvgIpc) is 3.40. The van der Waals surface area contributed by atoms with E-state index < -0.39 is 81.0 Å². The lowest BCUT2D eigenvalue weighted by Gasteiger charge is -2.23. The summed E-state index contributed by atoms with van der Waals surface area (Å²) >= 11 is 0. The van der Waals surface area contributed by atoms with Gasteiger partial charge in [-0.05, 0) is 66.5 Å². The number of hydrogen-bond acceptors (Lipinski definition) is 7. The molecule has 4 aromatic heterocycles. The standard InChI is InChI=1S/C38H30F7N9O3S/c1-52-18-46-16-23(52)9-7-22-8-10-24(25-5-4-6-26-33(25)53(2)50-36(26)51-58(3,56)57)32(47-22)29(13-19-11-20(39)14-21(40)12-19)48-30(55)17-54-35-31(34(49-54)38(43,44)45)27-15-28(27)37(35,41)42/h4-6,8,10-12,14,16,18,27-29H,13,15,17H2,1-3H3,(H,48,55)(H,50,51)/t27-,28?,29-/m0/s1. The molecule has 1 amide bonds. The lowest BCUT2D eigenvalue weighted by atomic mass is 9.93. The van der Waals surface area contributed by atoms with E-state index in [0.717, 1.165) is 18.4 Å². The van der Waals surface area contributed by atoms with Crippen LogP contribution >= 0.6 is 0 Å². The predicted molar refractivity (Wildman–Crippen MR) is 195 cm³/mol. The van der Waals surface area contributed by atoms with E-state index >= 15 is 8.78 Å². The van der Waals surface area contributed by atoms with Crippen LogP contribution in [0.1, 0.15) is 58.0 Å². The van der Waals surface area contributed by atoms with Gasteiger partial charge >= 0.3 is 6.18 Å². The third-order valence-electron chi connectivity index (χ3n) is 10.0. The smallest absolute Gasteiger partial charge is 0.346 e. The summed E-state index contributed by atoms with van der Waals surface area (Å²) in [6.07, 6.45) is -1.56. The number of hydrogen-bond donors (Lipinski definition) is 2. The van der Waals surface area contributed by atoms with Gasteiger partial charge in [-0.1, -0.05) is 12.1 Å². The Kier molecular flexibility index (Phi) is 9.13. The monoisotopic (exact) mass is 825 g/mol. The number of carbonyl (C=O) groups excluding carboxylic acids is 1. The molecule has 2 aliphatic carbocycles. The van der Waals surface area contributed by atoms with E-state index in [2.05, 4.69) is 37.1 Å². The molecule has 1 saturated carbocycles. The molecule has 1 fully saturated rings. The highest BCUT2D eigenvalue weighted by atomic mass is 32.2. The maximum atomic E-state index is 15.4. The zero-order chi connectivity index (χ0) is 41.5. The molecule has 2 aliphatic rings. The molecule has 58 heavy (non-hydrogen) atoms. The second-order valence-electron chi connectivity index (χ2n) is 14.3. The van der Waals surface area contributed by atoms with Gasteiger partial charge in [0.05, 0.1) is 36.0 Å². The van der Waals surface area contributed by atoms with Crippen molar-refractivity contribution >= 4 is 32.7 Å². The van der Waals surface area contributed by atoms with Gasteiger partial charge in [-0.2, -0.15) is 32.1 Å². The molecular formula is C38H30F7N9O3S. The Labute approximate surface area is 325 Å². The molecular weight excluding hydrogens is 796 g/mol. The SMILES string of the molecule is Cn1cncc1C#Cc1ccc(-c2cccc3c(NS(C)(=O)=O)nn(C)c23)c([C@H](Cc2cc(F)cc(F)c2)NC(=O)Cn2nc(C(F)(F)F)c3c2C(F)(F)C2C[C@H]32)n1. The van der Waals surface area contributed by atoms with Crippen LogP contribution in [0.3, 0.4) is 0 Å². The molecule has 0 spiro atoms. The highest BCUT2D eigenvalue weighted by Gasteiger charge is 2.68. The summed E-state index contributed by atoms with van der Waals surface area (Å²) < 4.78 is 132. The first-order valence-electron chi connectivity index (χ1n) is 17.5. The lowest BCUT2D eigenvalue weighted by molar-refractivity contribution is -0.142. The number of amides is 1. The summed E-state index contributed by atoms with van der Waals surface area (Å²) in [6.45, 7) is -1.06. The number of anilines is 1. The van der Waals surface area contributed by atoms with Gasteiger partial charge in [0.15, 0.2) is 11.5 Å². The third kappa shape index (κ3) is 7.14. The summed E-state index contributed by atoms with van der Waals surface area (Å²) in [5.41, 5.74) is -1.22. The largest absolute Gasteiger partial charge is 0.435 e. The van der Waals surface area contributed by atoms with Crippen LogP contribution in [0.2, 0.25) is 0 Å². The van der Waals surface area contributed by atoms with Gasteiger partial charge in [0, 0.05) is 48.2 Å². The Hall–Kier alpha value is -6.23. The van der Waals surface area contributed by atoms with Gasteiger partial charge in [-0.25, -0.2) is 27.2 Å². The second kappa shape index (κ2) is 13.7. The number of benzene rings is 2. The van der Waals surface area contributed by atoms with Gasteiger partial charge in [0.2, 0.25) is 15.9 Å². The molecule has 0 aliphatic heterocycles. The molecule has 2 N–H and O–H groups in total. The van der Waals surface area contributed by atoms with E-state index in [1.807, 2.05) is 0 Å². The van der Waals surface area contributed by atoms with Crippen LogP contribution in [0.25, 0.3) is 22.0 Å². The number of nitrogens with one attached hydrogen (secondary N) is 2. The summed E-state index contributed by atoms with van der Waals surface area (Å²) in [5, 5.41) is 10.8. The van der Waals surface area contributed by atoms with Crippen molar-refractivity contribution in [2.75, 3.05) is 11.0 Å². The number of para-hydroxylation sites is 1. The van der Waals surface area contributed by atoms with E-state index in [1.54, 1.807) is 49.0 Å². The Morgan fingerprint density at radius 1 is 1.03 bits per heavy atom. The van der Waals surface area contributed by atoms with E-state index in [1.165, 1.54) is 17.2 Å². The van der Waals surface area contributed by atoms with Crippen molar-refractivity contribution in [2.45, 2.75) is 43.4 Å². The zero-order valence-corrected chi connectivity index (χ0v) is 31.4. The van der Waals surface area contributed by atoms with Crippen molar-refractivity contribution in [3.05, 3.63) is 112 Å². The first kappa shape index (κ1) is 38.6. The van der Waals surface area contributed by atoms with Gasteiger partial charge in [0.25, 0.3) is 5.92 Å². The third-order valence-corrected chi connectivity index (χ3v) is 10.6. The predicted octanol–water partition coefficient (Wildman–Crippen LogP) is 5.94. The van der Waals surface area contributed by atoms with Crippen LogP contribution in [0.5, 0.6) is 0 Å². The number of imidazole rings is 1. The van der Waals surface area contributed by atoms with E-state index in [0.29, 0.717) is 38.5 Å². The minimum Gasteiger partial charge on any atom is -0.346 e. The first-order valence-corrected chi connectivity index (χ1v) is 19.4. The van der Waals surface area contributed by atoms with Crippen molar-refractivity contribution in [3.8, 4) is 23.0 Å². The molecule has 0 bridgehead atoms. The molecule has 1 unspecified atom stereocenters. The topological polar surface area (TPSA) is 142 Å². The van der Waals surface area contributed by atoms with Crippen LogP contribution in [0.15, 0.2) is 61.1 Å². The Morgan fingerprint density at radius 2 is 1.78 bits per heavy atom. The van der Waals surface area contributed by atoms with Crippen LogP contribution in [-0.2, 0) is 54.0 Å². The molecule has 0 radical (unpaired) electrons. The molecule has 3 atom stereocenters. The number of alkyl halides is 5. The number of fused-ring (bicyclic) bond motifs is 4. The molecule has 8 rings (SSSR count). The van der Waals surface area contributed by atoms with Crippen molar-refractivity contribution in [2.24, 2.45) is 20.0 Å². The van der Waals surface area contributed by atoms with Crippen LogP contribution < -0.4 is 10.0 Å². The van der Waals surface area contributed by atoms with Crippen molar-refractivity contribution < 1.29 is 43.9 Å². The van der Waals surface area contributed by atoms with Crippen molar-refractivity contribution in [3.63, 3.8) is 0 Å². The molecule has 300 valence electrons. The van der Waals surface area contributed by atoms with Gasteiger partial charge in [0.1, 0.15) is 35.3 Å². The quantitative estimate of drug-likeness (QED) is 0.136. The summed E-state index contributed by atoms with van der Waals surface area (Å²) in [5.74, 6) is -3.12. The Balaban J connectivity index is 1.27. The van der Waals surface area contributed by atoms with Crippen molar-refractivity contribution in [1.29, 1.82) is 0 Å². The van der Waals surface area contributed by atoms with E-state index in [9.17, 15) is 35.2 Å². The van der Waals surface area contributed by atoms with Gasteiger partial charge < -0.3 is 9.88 Å². The highest BCUT2D eigenvalue weighted by Crippen LogP contribution is 2.68. The summed E-state index contributed by atoms with van der Waals surface area (Å²) in [4.78, 5) is 22.8. The minimum atomic E-state index is -5.07. The van der Waals surface area contributed by atoms with Crippen LogP contribution in [0.4, 0.5) is 36.6 Å². The maximum absolute atomic E-state index is 15.4. The van der Waals surface area contributed by atoms with Crippen LogP contribution in [-0.4, -0.2) is 54.7 Å². The van der Waals surface area contributed by atoms with Gasteiger partial charge in [-0.15, -0.1) is 0 Å². The fourth-order valence-corrected chi connectivity index (χ4v) is 8.10. The molecule has 2 aromatic carbocycles. The van der Waals surface area contributed by atoms with Crippen molar-refractivity contribution in [1.82, 2.24) is 39.4 Å². The first-order chi connectivity index (χ1) is 27.3. The van der Waals surface area contributed by atoms with Crippen LogP contribution in [0, 0.1) is 29.4 Å². The molecule has 6 aromatic rings. The number of halogens is 7. The Morgan fingerprint density at radius 3 is 2.45 bits per heavy atom. The van der Waals surface area contributed by atoms with E-state index in [4.69, 9.17) is 4.98 Å². The summed E-state index contributed by atoms with van der Waals surface area (Å²) in [6, 6.07) is 9.40. The Bertz CT molecular complexity index is 2820. The average molecular weight is 826 g/mol. The number of pyridine rings is 1. The summed E-state index contributed by atoms with van der Waals surface area (Å²) in [7, 11) is -0.493. The van der Waals surface area contributed by atoms with E-state index in [-0.39, 0.29) is 35.6 Å². The minimum absolute atomic E-state index is 0.00883. The molecule has 0 saturated heterocycles. The number of carbonyl (C=O) groups is 1. The number of aryl methyl sites for hydroxylation is 2. The lowest BCUT2D eigenvalue weighted by Crippen LogP contribution is -2.35. The fraction of sp³-hybridized carbons (Fsp3) is 0.289. The number of sulfonamides is 1. The highest BCUT2D eigenvalue weighted by molar-refractivity contribution is 7.92. The molecule has 4 heterocycles. The maximum Gasteiger partial charge on any atom is 0.435 e.